The normalized spacial score (nSPS) is 17.7. The summed E-state index contributed by atoms with van der Waals surface area (Å²) in [6, 6.07) is 6.64. The lowest BCUT2D eigenvalue weighted by Crippen LogP contribution is -2.48. The molecular weight excluding hydrogens is 396 g/mol. The molecule has 2 heterocycles. The van der Waals surface area contributed by atoms with Crippen LogP contribution in [0.3, 0.4) is 0 Å². The Labute approximate surface area is 163 Å². The van der Waals surface area contributed by atoms with Gasteiger partial charge in [0.25, 0.3) is 5.69 Å². The van der Waals surface area contributed by atoms with Crippen molar-refractivity contribution in [2.75, 3.05) is 26.7 Å². The average Bonchev–Trinajstić information content (AvgIpc) is 2.68. The smallest absolute Gasteiger partial charge is 0.273 e. The molecule has 1 aromatic carbocycles. The number of nitro groups is 1. The molecule has 0 bridgehead atoms. The summed E-state index contributed by atoms with van der Waals surface area (Å²) in [5.74, 6) is -0.0531. The maximum absolute atomic E-state index is 13.3. The number of nitro benzene ring substituents is 1. The molecule has 146 valence electrons. The lowest BCUT2D eigenvalue weighted by molar-refractivity contribution is -0.385. The number of methoxy groups -OCH3 is 1. The molecule has 1 atom stereocenters. The van der Waals surface area contributed by atoms with Gasteiger partial charge in [-0.1, -0.05) is 6.07 Å². The van der Waals surface area contributed by atoms with Crippen LogP contribution >= 0.6 is 12.4 Å². The SMILES string of the molecule is COc1cc([N+](=O)[O-])ccc1S(=O)(=O)N1CCNCC1c1cccnc1.Cl. The number of rotatable bonds is 5. The lowest BCUT2D eigenvalue weighted by atomic mass is 10.1. The topological polar surface area (TPSA) is 115 Å². The van der Waals surface area contributed by atoms with Gasteiger partial charge in [0.15, 0.2) is 0 Å². The average molecular weight is 415 g/mol. The van der Waals surface area contributed by atoms with Crippen LogP contribution in [0.25, 0.3) is 0 Å². The van der Waals surface area contributed by atoms with Gasteiger partial charge in [-0.2, -0.15) is 4.31 Å². The van der Waals surface area contributed by atoms with E-state index < -0.39 is 21.0 Å². The molecule has 1 aliphatic heterocycles. The van der Waals surface area contributed by atoms with Gasteiger partial charge in [0.2, 0.25) is 10.0 Å². The van der Waals surface area contributed by atoms with E-state index in [2.05, 4.69) is 10.3 Å². The molecule has 1 N–H and O–H groups in total. The zero-order valence-electron chi connectivity index (χ0n) is 14.4. The van der Waals surface area contributed by atoms with Crippen LogP contribution in [0.4, 0.5) is 5.69 Å². The van der Waals surface area contributed by atoms with Crippen molar-refractivity contribution in [2.45, 2.75) is 10.9 Å². The van der Waals surface area contributed by atoms with Crippen LogP contribution in [0.15, 0.2) is 47.6 Å². The molecule has 0 saturated carbocycles. The third kappa shape index (κ3) is 4.19. The molecule has 1 saturated heterocycles. The molecule has 0 amide bonds. The number of pyridine rings is 1. The first-order valence-corrected chi connectivity index (χ1v) is 9.34. The van der Waals surface area contributed by atoms with Gasteiger partial charge >= 0.3 is 0 Å². The van der Waals surface area contributed by atoms with Gasteiger partial charge in [0.1, 0.15) is 10.6 Å². The number of nitrogens with one attached hydrogen (secondary N) is 1. The van der Waals surface area contributed by atoms with Crippen LogP contribution in [0.2, 0.25) is 0 Å². The Kier molecular flexibility index (Phi) is 6.71. The van der Waals surface area contributed by atoms with E-state index in [4.69, 9.17) is 4.74 Å². The van der Waals surface area contributed by atoms with Crippen LogP contribution in [-0.4, -0.2) is 49.4 Å². The molecule has 0 aliphatic carbocycles. The van der Waals surface area contributed by atoms with Crippen LogP contribution in [0.1, 0.15) is 11.6 Å². The molecule has 1 fully saturated rings. The highest BCUT2D eigenvalue weighted by atomic mass is 35.5. The molecule has 0 radical (unpaired) electrons. The number of non-ortho nitro benzene ring substituents is 1. The number of hydrogen-bond acceptors (Lipinski definition) is 7. The number of piperazine rings is 1. The first-order valence-electron chi connectivity index (χ1n) is 7.90. The maximum Gasteiger partial charge on any atom is 0.273 e. The first-order chi connectivity index (χ1) is 12.4. The van der Waals surface area contributed by atoms with Crippen molar-refractivity contribution in [1.82, 2.24) is 14.6 Å². The van der Waals surface area contributed by atoms with Crippen molar-refractivity contribution >= 4 is 28.1 Å². The predicted molar refractivity (Wildman–Crippen MR) is 101 cm³/mol. The highest BCUT2D eigenvalue weighted by Gasteiger charge is 2.36. The molecule has 2 aromatic rings. The highest BCUT2D eigenvalue weighted by molar-refractivity contribution is 7.89. The standard InChI is InChI=1S/C16H18N4O5S.ClH/c1-25-15-9-13(20(21)22)4-5-16(15)26(23,24)19-8-7-18-11-14(19)12-3-2-6-17-10-12;/h2-6,9-10,14,18H,7-8,11H2,1H3;1H. The van der Waals surface area contributed by atoms with E-state index >= 15 is 0 Å². The van der Waals surface area contributed by atoms with Gasteiger partial charge in [-0.05, 0) is 17.7 Å². The Hall–Kier alpha value is -2.27. The Bertz CT molecular complexity index is 910. The van der Waals surface area contributed by atoms with Crippen LogP contribution < -0.4 is 10.1 Å². The molecule has 27 heavy (non-hydrogen) atoms. The van der Waals surface area contributed by atoms with E-state index in [1.807, 2.05) is 6.07 Å². The minimum Gasteiger partial charge on any atom is -0.495 e. The number of aromatic nitrogens is 1. The maximum atomic E-state index is 13.3. The zero-order valence-corrected chi connectivity index (χ0v) is 16.1. The summed E-state index contributed by atoms with van der Waals surface area (Å²) < 4.78 is 33.0. The van der Waals surface area contributed by atoms with Crippen molar-refractivity contribution in [3.05, 3.63) is 58.4 Å². The van der Waals surface area contributed by atoms with E-state index in [0.717, 1.165) is 17.7 Å². The molecule has 1 aromatic heterocycles. The van der Waals surface area contributed by atoms with Crippen LogP contribution in [0, 0.1) is 10.1 Å². The highest BCUT2D eigenvalue weighted by Crippen LogP contribution is 2.34. The third-order valence-electron chi connectivity index (χ3n) is 4.21. The molecule has 1 unspecified atom stereocenters. The summed E-state index contributed by atoms with van der Waals surface area (Å²) in [5.41, 5.74) is 0.536. The second-order valence-corrected chi connectivity index (χ2v) is 7.57. The van der Waals surface area contributed by atoms with Crippen molar-refractivity contribution in [3.63, 3.8) is 0 Å². The number of sulfonamides is 1. The largest absolute Gasteiger partial charge is 0.495 e. The van der Waals surface area contributed by atoms with Gasteiger partial charge in [0, 0.05) is 38.1 Å². The second kappa shape index (κ2) is 8.61. The summed E-state index contributed by atoms with van der Waals surface area (Å²) >= 11 is 0. The van der Waals surface area contributed by atoms with E-state index in [0.29, 0.717) is 13.1 Å². The number of halogens is 1. The second-order valence-electron chi connectivity index (χ2n) is 5.71. The van der Waals surface area contributed by atoms with Gasteiger partial charge in [-0.15, -0.1) is 12.4 Å². The Balaban J connectivity index is 0.00000261. The van der Waals surface area contributed by atoms with E-state index in [1.165, 1.54) is 17.5 Å². The molecular formula is C16H19ClN4O5S. The third-order valence-corrected chi connectivity index (χ3v) is 6.16. The number of nitrogens with zero attached hydrogens (tertiary/aromatic N) is 3. The lowest BCUT2D eigenvalue weighted by Gasteiger charge is -2.35. The van der Waals surface area contributed by atoms with Crippen molar-refractivity contribution in [2.24, 2.45) is 0 Å². The molecule has 9 nitrogen and oxygen atoms in total. The van der Waals surface area contributed by atoms with Gasteiger partial charge < -0.3 is 10.1 Å². The van der Waals surface area contributed by atoms with Gasteiger partial charge in [0.05, 0.1) is 24.1 Å². The van der Waals surface area contributed by atoms with Crippen molar-refractivity contribution < 1.29 is 18.1 Å². The summed E-state index contributed by atoms with van der Waals surface area (Å²) in [7, 11) is -2.64. The summed E-state index contributed by atoms with van der Waals surface area (Å²) in [6.07, 6.45) is 3.26. The zero-order chi connectivity index (χ0) is 18.7. The van der Waals surface area contributed by atoms with E-state index in [9.17, 15) is 18.5 Å². The Morgan fingerprint density at radius 1 is 1.37 bits per heavy atom. The van der Waals surface area contributed by atoms with E-state index in [1.54, 1.807) is 18.5 Å². The number of hydrogen-bond donors (Lipinski definition) is 1. The molecule has 0 spiro atoms. The van der Waals surface area contributed by atoms with Crippen molar-refractivity contribution in [3.8, 4) is 5.75 Å². The molecule has 1 aliphatic rings. The van der Waals surface area contributed by atoms with Gasteiger partial charge in [-0.3, -0.25) is 15.1 Å². The fourth-order valence-corrected chi connectivity index (χ4v) is 4.69. The summed E-state index contributed by atoms with van der Waals surface area (Å²) in [6.45, 7) is 1.22. The monoisotopic (exact) mass is 414 g/mol. The fourth-order valence-electron chi connectivity index (χ4n) is 2.94. The molecule has 11 heteroatoms. The quantitative estimate of drug-likeness (QED) is 0.585. The Morgan fingerprint density at radius 2 is 2.15 bits per heavy atom. The fraction of sp³-hybridized carbons (Fsp3) is 0.312. The van der Waals surface area contributed by atoms with E-state index in [-0.39, 0.29) is 35.3 Å². The first kappa shape index (κ1) is 21.0. The summed E-state index contributed by atoms with van der Waals surface area (Å²) in [4.78, 5) is 14.3. The van der Waals surface area contributed by atoms with Crippen LogP contribution in [-0.2, 0) is 10.0 Å². The number of benzene rings is 1. The minimum atomic E-state index is -3.93. The minimum absolute atomic E-state index is 0. The predicted octanol–water partition coefficient (Wildman–Crippen LogP) is 1.76. The van der Waals surface area contributed by atoms with Crippen LogP contribution in [0.5, 0.6) is 5.75 Å². The number of ether oxygens (including phenoxy) is 1. The summed E-state index contributed by atoms with van der Waals surface area (Å²) in [5, 5.41) is 14.1. The van der Waals surface area contributed by atoms with Gasteiger partial charge in [-0.25, -0.2) is 8.42 Å². The molecule has 3 rings (SSSR count). The van der Waals surface area contributed by atoms with Crippen molar-refractivity contribution in [1.29, 1.82) is 0 Å². The Morgan fingerprint density at radius 3 is 2.78 bits per heavy atom.